The van der Waals surface area contributed by atoms with Gasteiger partial charge in [0, 0.05) is 18.0 Å². The number of rotatable bonds is 6. The van der Waals surface area contributed by atoms with Crippen LogP contribution in [-0.4, -0.2) is 6.54 Å². The fraction of sp³-hybridized carbons (Fsp3) is 0.571. The summed E-state index contributed by atoms with van der Waals surface area (Å²) in [6, 6.07) is 2.44. The Morgan fingerprint density at radius 3 is 2.75 bits per heavy atom. The highest BCUT2D eigenvalue weighted by Crippen LogP contribution is 2.24. The molecule has 1 N–H and O–H groups in total. The van der Waals surface area contributed by atoms with Gasteiger partial charge in [0.1, 0.15) is 11.5 Å². The van der Waals surface area contributed by atoms with E-state index in [1.165, 1.54) is 5.56 Å². The molecular weight excluding hydrogens is 198 g/mol. The van der Waals surface area contributed by atoms with Crippen molar-refractivity contribution in [3.63, 3.8) is 0 Å². The summed E-state index contributed by atoms with van der Waals surface area (Å²) < 4.78 is 5.56. The molecule has 2 nitrogen and oxygen atoms in total. The first-order valence-corrected chi connectivity index (χ1v) is 5.92. The highest BCUT2D eigenvalue weighted by molar-refractivity contribution is 5.24. The standard InChI is InChI=1S/C14H21NO/c1-5-7-8-14(15-9-6-2)13-10-11(3)16-12(13)4/h1,10,14-15H,6-9H2,2-4H3. The molecule has 0 aromatic carbocycles. The van der Waals surface area contributed by atoms with E-state index in [2.05, 4.69) is 24.2 Å². The van der Waals surface area contributed by atoms with Gasteiger partial charge in [-0.15, -0.1) is 12.3 Å². The molecule has 88 valence electrons. The maximum atomic E-state index is 5.56. The Morgan fingerprint density at radius 1 is 1.50 bits per heavy atom. The highest BCUT2D eigenvalue weighted by atomic mass is 16.3. The molecule has 0 saturated carbocycles. The van der Waals surface area contributed by atoms with Gasteiger partial charge in [-0.25, -0.2) is 0 Å². The number of hydrogen-bond donors (Lipinski definition) is 1. The third-order valence-corrected chi connectivity index (χ3v) is 2.67. The lowest BCUT2D eigenvalue weighted by atomic mass is 10.0. The van der Waals surface area contributed by atoms with Crippen molar-refractivity contribution in [2.75, 3.05) is 6.54 Å². The van der Waals surface area contributed by atoms with Gasteiger partial charge in [0.05, 0.1) is 0 Å². The van der Waals surface area contributed by atoms with E-state index in [4.69, 9.17) is 10.8 Å². The third-order valence-electron chi connectivity index (χ3n) is 2.67. The fourth-order valence-electron chi connectivity index (χ4n) is 1.91. The zero-order valence-corrected chi connectivity index (χ0v) is 10.5. The highest BCUT2D eigenvalue weighted by Gasteiger charge is 2.15. The summed E-state index contributed by atoms with van der Waals surface area (Å²) in [6.07, 6.45) is 8.22. The van der Waals surface area contributed by atoms with E-state index >= 15 is 0 Å². The predicted molar refractivity (Wildman–Crippen MR) is 67.3 cm³/mol. The molecule has 0 saturated heterocycles. The zero-order valence-electron chi connectivity index (χ0n) is 10.5. The molecule has 1 aromatic rings. The van der Waals surface area contributed by atoms with E-state index in [-0.39, 0.29) is 0 Å². The molecule has 2 heteroatoms. The average Bonchev–Trinajstić information content (AvgIpc) is 2.58. The number of terminal acetylenes is 1. The zero-order chi connectivity index (χ0) is 12.0. The quantitative estimate of drug-likeness (QED) is 0.742. The molecule has 0 aliphatic rings. The smallest absolute Gasteiger partial charge is 0.105 e. The molecule has 0 spiro atoms. The molecule has 1 atom stereocenters. The maximum absolute atomic E-state index is 5.56. The molecule has 0 bridgehead atoms. The summed E-state index contributed by atoms with van der Waals surface area (Å²) >= 11 is 0. The molecule has 16 heavy (non-hydrogen) atoms. The number of hydrogen-bond acceptors (Lipinski definition) is 2. The Bertz CT molecular complexity index is 359. The Morgan fingerprint density at radius 2 is 2.25 bits per heavy atom. The van der Waals surface area contributed by atoms with Crippen LogP contribution < -0.4 is 5.32 Å². The van der Waals surface area contributed by atoms with Crippen LogP contribution >= 0.6 is 0 Å². The van der Waals surface area contributed by atoms with Crippen molar-refractivity contribution in [1.29, 1.82) is 0 Å². The van der Waals surface area contributed by atoms with Crippen LogP contribution in [0.4, 0.5) is 0 Å². The molecule has 0 aliphatic heterocycles. The SMILES string of the molecule is C#CCCC(NCCC)c1cc(C)oc1C. The van der Waals surface area contributed by atoms with Gasteiger partial charge in [-0.05, 0) is 39.3 Å². The van der Waals surface area contributed by atoms with Crippen LogP contribution in [0.5, 0.6) is 0 Å². The minimum Gasteiger partial charge on any atom is -0.466 e. The Labute approximate surface area is 98.4 Å². The van der Waals surface area contributed by atoms with Gasteiger partial charge < -0.3 is 9.73 Å². The van der Waals surface area contributed by atoms with Gasteiger partial charge >= 0.3 is 0 Å². The van der Waals surface area contributed by atoms with Crippen molar-refractivity contribution < 1.29 is 4.42 Å². The molecule has 0 aliphatic carbocycles. The first-order chi connectivity index (χ1) is 7.69. The minimum atomic E-state index is 0.327. The lowest BCUT2D eigenvalue weighted by molar-refractivity contribution is 0.471. The van der Waals surface area contributed by atoms with Crippen LogP contribution in [-0.2, 0) is 0 Å². The van der Waals surface area contributed by atoms with Crippen molar-refractivity contribution in [1.82, 2.24) is 5.32 Å². The molecule has 1 rings (SSSR count). The molecule has 0 radical (unpaired) electrons. The lowest BCUT2D eigenvalue weighted by Crippen LogP contribution is -2.22. The van der Waals surface area contributed by atoms with Crippen LogP contribution in [0.3, 0.4) is 0 Å². The van der Waals surface area contributed by atoms with Crippen molar-refractivity contribution in [3.05, 3.63) is 23.2 Å². The van der Waals surface area contributed by atoms with E-state index in [0.29, 0.717) is 6.04 Å². The van der Waals surface area contributed by atoms with Crippen LogP contribution in [0.1, 0.15) is 49.3 Å². The largest absolute Gasteiger partial charge is 0.466 e. The Balaban J connectivity index is 2.74. The van der Waals surface area contributed by atoms with E-state index in [0.717, 1.165) is 37.3 Å². The van der Waals surface area contributed by atoms with Gasteiger partial charge in [0.25, 0.3) is 0 Å². The molecule has 0 fully saturated rings. The van der Waals surface area contributed by atoms with E-state index in [9.17, 15) is 0 Å². The van der Waals surface area contributed by atoms with Gasteiger partial charge in [0.15, 0.2) is 0 Å². The number of aryl methyl sites for hydroxylation is 2. The van der Waals surface area contributed by atoms with Crippen LogP contribution in [0.2, 0.25) is 0 Å². The maximum Gasteiger partial charge on any atom is 0.105 e. The molecule has 0 amide bonds. The molecule has 1 aromatic heterocycles. The normalized spacial score (nSPS) is 12.4. The first kappa shape index (κ1) is 12.9. The molecular formula is C14H21NO. The van der Waals surface area contributed by atoms with Gasteiger partial charge in [-0.1, -0.05) is 6.92 Å². The van der Waals surface area contributed by atoms with E-state index in [1.807, 2.05) is 13.8 Å². The molecule has 1 unspecified atom stereocenters. The van der Waals surface area contributed by atoms with Gasteiger partial charge in [-0.3, -0.25) is 0 Å². The second-order valence-electron chi connectivity index (χ2n) is 4.12. The van der Waals surface area contributed by atoms with Crippen LogP contribution in [0.25, 0.3) is 0 Å². The summed E-state index contributed by atoms with van der Waals surface area (Å²) in [4.78, 5) is 0. The van der Waals surface area contributed by atoms with E-state index < -0.39 is 0 Å². The third kappa shape index (κ3) is 3.43. The predicted octanol–water partition coefficient (Wildman–Crippen LogP) is 3.35. The number of furan rings is 1. The van der Waals surface area contributed by atoms with Gasteiger partial charge in [-0.2, -0.15) is 0 Å². The fourth-order valence-corrected chi connectivity index (χ4v) is 1.91. The second-order valence-corrected chi connectivity index (χ2v) is 4.12. The van der Waals surface area contributed by atoms with Crippen LogP contribution in [0, 0.1) is 26.2 Å². The van der Waals surface area contributed by atoms with Crippen molar-refractivity contribution >= 4 is 0 Å². The topological polar surface area (TPSA) is 25.2 Å². The monoisotopic (exact) mass is 219 g/mol. The average molecular weight is 219 g/mol. The van der Waals surface area contributed by atoms with Crippen LogP contribution in [0.15, 0.2) is 10.5 Å². The van der Waals surface area contributed by atoms with Crippen molar-refractivity contribution in [3.8, 4) is 12.3 Å². The summed E-state index contributed by atoms with van der Waals surface area (Å²) in [7, 11) is 0. The van der Waals surface area contributed by atoms with Crippen molar-refractivity contribution in [2.45, 2.75) is 46.1 Å². The summed E-state index contributed by atoms with van der Waals surface area (Å²) in [6.45, 7) is 7.17. The molecule has 1 heterocycles. The lowest BCUT2D eigenvalue weighted by Gasteiger charge is -2.16. The minimum absolute atomic E-state index is 0.327. The van der Waals surface area contributed by atoms with Crippen molar-refractivity contribution in [2.24, 2.45) is 0 Å². The summed E-state index contributed by atoms with van der Waals surface area (Å²) in [5.41, 5.74) is 1.25. The Hall–Kier alpha value is -1.20. The van der Waals surface area contributed by atoms with E-state index in [1.54, 1.807) is 0 Å². The summed E-state index contributed by atoms with van der Waals surface area (Å²) in [5.74, 6) is 4.67. The summed E-state index contributed by atoms with van der Waals surface area (Å²) in [5, 5.41) is 3.52. The second kappa shape index (κ2) is 6.40. The first-order valence-electron chi connectivity index (χ1n) is 5.92. The van der Waals surface area contributed by atoms with Gasteiger partial charge in [0.2, 0.25) is 0 Å². The Kier molecular flexibility index (Phi) is 5.14. The number of nitrogens with one attached hydrogen (secondary N) is 1.